The number of thiocarbonyl (C=S) groups is 1. The lowest BCUT2D eigenvalue weighted by Gasteiger charge is -2.15. The van der Waals surface area contributed by atoms with Crippen LogP contribution in [0.25, 0.3) is 11.0 Å². The molecule has 2 aliphatic carbocycles. The summed E-state index contributed by atoms with van der Waals surface area (Å²) in [5.41, 5.74) is 8.96. The third kappa shape index (κ3) is 3.93. The first-order valence-electron chi connectivity index (χ1n) is 10.4. The van der Waals surface area contributed by atoms with Crippen LogP contribution in [0.1, 0.15) is 72.1 Å². The molecule has 154 valence electrons. The van der Waals surface area contributed by atoms with Crippen molar-refractivity contribution >= 4 is 34.3 Å². The van der Waals surface area contributed by atoms with Crippen LogP contribution in [0.4, 0.5) is 0 Å². The minimum absolute atomic E-state index is 0.183. The summed E-state index contributed by atoms with van der Waals surface area (Å²) in [7, 11) is 1.90. The fourth-order valence-electron chi connectivity index (χ4n) is 3.94. The van der Waals surface area contributed by atoms with Crippen molar-refractivity contribution < 1.29 is 9.53 Å². The maximum atomic E-state index is 13.1. The highest BCUT2D eigenvalue weighted by Crippen LogP contribution is 2.45. The number of aryl methyl sites for hydroxylation is 1. The second-order valence-corrected chi connectivity index (χ2v) is 8.68. The maximum Gasteiger partial charge on any atom is 0.270 e. The summed E-state index contributed by atoms with van der Waals surface area (Å²) in [6.07, 6.45) is 6.79. The number of nitrogens with zero attached hydrogens (tertiary/aromatic N) is 3. The zero-order valence-corrected chi connectivity index (χ0v) is 17.3. The predicted octanol–water partition coefficient (Wildman–Crippen LogP) is 2.01. The van der Waals surface area contributed by atoms with Crippen LogP contribution in [-0.4, -0.2) is 45.0 Å². The Balaban J connectivity index is 1.34. The van der Waals surface area contributed by atoms with E-state index in [-0.39, 0.29) is 12.0 Å². The molecule has 2 saturated carbocycles. The second-order valence-electron chi connectivity index (χ2n) is 8.27. The van der Waals surface area contributed by atoms with E-state index in [4.69, 9.17) is 21.9 Å². The number of amides is 1. The van der Waals surface area contributed by atoms with Crippen molar-refractivity contribution in [2.45, 2.75) is 56.5 Å². The van der Waals surface area contributed by atoms with E-state index in [9.17, 15) is 4.79 Å². The molecule has 1 saturated heterocycles. The third-order valence-electron chi connectivity index (χ3n) is 5.85. The molecule has 9 heteroatoms. The number of hydrazine groups is 1. The van der Waals surface area contributed by atoms with Crippen molar-refractivity contribution in [2.75, 3.05) is 13.2 Å². The number of rotatable bonds is 5. The molecular formula is C20H26N6O2S. The fourth-order valence-corrected chi connectivity index (χ4v) is 4.08. The average molecular weight is 415 g/mol. The van der Waals surface area contributed by atoms with Crippen molar-refractivity contribution in [3.8, 4) is 0 Å². The highest BCUT2D eigenvalue weighted by molar-refractivity contribution is 7.80. The first-order chi connectivity index (χ1) is 14.1. The van der Waals surface area contributed by atoms with Gasteiger partial charge in [-0.1, -0.05) is 0 Å². The molecule has 29 heavy (non-hydrogen) atoms. The minimum Gasteiger partial charge on any atom is -0.376 e. The van der Waals surface area contributed by atoms with Gasteiger partial charge in [-0.15, -0.1) is 0 Å². The molecule has 2 aromatic heterocycles. The zero-order valence-electron chi connectivity index (χ0n) is 16.5. The van der Waals surface area contributed by atoms with E-state index in [1.165, 1.54) is 0 Å². The summed E-state index contributed by atoms with van der Waals surface area (Å²) >= 11 is 5.29. The molecule has 8 nitrogen and oxygen atoms in total. The topological polar surface area (TPSA) is 93.1 Å². The smallest absolute Gasteiger partial charge is 0.270 e. The predicted molar refractivity (Wildman–Crippen MR) is 113 cm³/mol. The lowest BCUT2D eigenvalue weighted by molar-refractivity contribution is 0.0944. The Bertz CT molecular complexity index is 960. The van der Waals surface area contributed by atoms with Crippen LogP contribution in [0.5, 0.6) is 0 Å². The Morgan fingerprint density at radius 3 is 2.72 bits per heavy atom. The summed E-state index contributed by atoms with van der Waals surface area (Å²) in [6, 6.07) is 1.94. The van der Waals surface area contributed by atoms with Crippen LogP contribution in [0.15, 0.2) is 6.07 Å². The van der Waals surface area contributed by atoms with Gasteiger partial charge in [0, 0.05) is 37.7 Å². The molecule has 0 bridgehead atoms. The van der Waals surface area contributed by atoms with Gasteiger partial charge in [-0.05, 0) is 56.8 Å². The van der Waals surface area contributed by atoms with E-state index in [0.29, 0.717) is 29.1 Å². The standard InChI is InChI=1S/C20H26N6O2S/c1-26-18-16(17(25-26)12-6-7-12)14(9-15(22-18)11-4-5-11)19(27)23-24-20(29)21-10-13-3-2-8-28-13/h9,11-13H,2-8,10H2,1H3,(H,23,27)(H2,21,24,29)/t13-/m1/s1. The van der Waals surface area contributed by atoms with Gasteiger partial charge in [0.1, 0.15) is 0 Å². The van der Waals surface area contributed by atoms with Gasteiger partial charge in [-0.3, -0.25) is 20.3 Å². The number of nitrogens with one attached hydrogen (secondary N) is 3. The Morgan fingerprint density at radius 1 is 1.24 bits per heavy atom. The van der Waals surface area contributed by atoms with Gasteiger partial charge in [-0.2, -0.15) is 5.10 Å². The number of aromatic nitrogens is 3. The summed E-state index contributed by atoms with van der Waals surface area (Å²) < 4.78 is 7.39. The Hall–Kier alpha value is -2.26. The molecule has 0 radical (unpaired) electrons. The van der Waals surface area contributed by atoms with Crippen LogP contribution >= 0.6 is 12.2 Å². The molecule has 3 heterocycles. The summed E-state index contributed by atoms with van der Waals surface area (Å²) in [5.74, 6) is 0.670. The Morgan fingerprint density at radius 2 is 2.03 bits per heavy atom. The highest BCUT2D eigenvalue weighted by Gasteiger charge is 2.33. The van der Waals surface area contributed by atoms with E-state index in [0.717, 1.165) is 67.6 Å². The number of hydrogen-bond donors (Lipinski definition) is 3. The van der Waals surface area contributed by atoms with Crippen LogP contribution in [0, 0.1) is 0 Å². The number of ether oxygens (including phenoxy) is 1. The number of hydrogen-bond acceptors (Lipinski definition) is 5. The molecule has 5 rings (SSSR count). The number of pyridine rings is 1. The molecule has 1 amide bonds. The normalized spacial score (nSPS) is 21.3. The highest BCUT2D eigenvalue weighted by atomic mass is 32.1. The summed E-state index contributed by atoms with van der Waals surface area (Å²) in [5, 5.41) is 9.05. The van der Waals surface area contributed by atoms with Crippen LogP contribution in [0.2, 0.25) is 0 Å². The molecule has 2 aromatic rings. The van der Waals surface area contributed by atoms with Gasteiger partial charge in [-0.25, -0.2) is 4.98 Å². The van der Waals surface area contributed by atoms with Crippen LogP contribution in [0.3, 0.4) is 0 Å². The van der Waals surface area contributed by atoms with E-state index in [1.54, 1.807) is 0 Å². The van der Waals surface area contributed by atoms with E-state index in [1.807, 2.05) is 17.8 Å². The fraction of sp³-hybridized carbons (Fsp3) is 0.600. The van der Waals surface area contributed by atoms with E-state index < -0.39 is 0 Å². The SMILES string of the molecule is Cn1nc(C2CC2)c2c(C(=O)NNC(=S)NC[C@H]3CCCO3)cc(C3CC3)nc21. The molecule has 3 N–H and O–H groups in total. The molecule has 1 atom stereocenters. The molecule has 0 spiro atoms. The average Bonchev–Trinajstić information content (AvgIpc) is 3.66. The first kappa shape index (κ1) is 18.7. The second kappa shape index (κ2) is 7.53. The van der Waals surface area contributed by atoms with Crippen molar-refractivity contribution in [1.82, 2.24) is 30.9 Å². The number of fused-ring (bicyclic) bond motifs is 1. The first-order valence-corrected chi connectivity index (χ1v) is 10.8. The molecule has 3 fully saturated rings. The monoisotopic (exact) mass is 414 g/mol. The number of carbonyl (C=O) groups is 1. The molecular weight excluding hydrogens is 388 g/mol. The van der Waals surface area contributed by atoms with Gasteiger partial charge in [0.2, 0.25) is 0 Å². The van der Waals surface area contributed by atoms with Gasteiger partial charge < -0.3 is 10.1 Å². The van der Waals surface area contributed by atoms with Gasteiger partial charge in [0.05, 0.1) is 22.7 Å². The largest absolute Gasteiger partial charge is 0.376 e. The van der Waals surface area contributed by atoms with Crippen molar-refractivity contribution in [3.63, 3.8) is 0 Å². The van der Waals surface area contributed by atoms with E-state index in [2.05, 4.69) is 21.3 Å². The van der Waals surface area contributed by atoms with Gasteiger partial charge >= 0.3 is 0 Å². The lowest BCUT2D eigenvalue weighted by atomic mass is 10.1. The molecule has 1 aliphatic heterocycles. The van der Waals surface area contributed by atoms with Crippen LogP contribution in [-0.2, 0) is 11.8 Å². The minimum atomic E-state index is -0.213. The zero-order chi connectivity index (χ0) is 20.0. The van der Waals surface area contributed by atoms with Crippen molar-refractivity contribution in [3.05, 3.63) is 23.0 Å². The quantitative estimate of drug-likeness (QED) is 0.509. The van der Waals surface area contributed by atoms with Crippen molar-refractivity contribution in [2.24, 2.45) is 7.05 Å². The molecule has 0 aromatic carbocycles. The third-order valence-corrected chi connectivity index (χ3v) is 6.10. The summed E-state index contributed by atoms with van der Waals surface area (Å²) in [4.78, 5) is 17.9. The Labute approximate surface area is 174 Å². The van der Waals surface area contributed by atoms with Crippen molar-refractivity contribution in [1.29, 1.82) is 0 Å². The Kier molecular flexibility index (Phi) is 4.87. The maximum absolute atomic E-state index is 13.1. The van der Waals surface area contributed by atoms with Gasteiger partial charge in [0.15, 0.2) is 10.8 Å². The number of carbonyl (C=O) groups excluding carboxylic acids is 1. The molecule has 0 unspecified atom stereocenters. The van der Waals surface area contributed by atoms with Crippen LogP contribution < -0.4 is 16.2 Å². The summed E-state index contributed by atoms with van der Waals surface area (Å²) in [6.45, 7) is 1.44. The van der Waals surface area contributed by atoms with E-state index >= 15 is 0 Å². The van der Waals surface area contributed by atoms with Gasteiger partial charge in [0.25, 0.3) is 5.91 Å². The lowest BCUT2D eigenvalue weighted by Crippen LogP contribution is -2.48. The molecule has 3 aliphatic rings.